The van der Waals surface area contributed by atoms with Crippen molar-refractivity contribution in [2.45, 2.75) is 13.3 Å². The number of ether oxygens (including phenoxy) is 1. The number of hydrogen-bond donors (Lipinski definition) is 2. The minimum atomic E-state index is -0.0505. The topological polar surface area (TPSA) is 70.9 Å². The van der Waals surface area contributed by atoms with E-state index >= 15 is 0 Å². The summed E-state index contributed by atoms with van der Waals surface area (Å²) >= 11 is 0. The molecule has 1 fully saturated rings. The second-order valence-electron chi connectivity index (χ2n) is 4.31. The molecule has 1 heterocycles. The Hall–Kier alpha value is -1.88. The summed E-state index contributed by atoms with van der Waals surface area (Å²) in [7, 11) is 0. The zero-order chi connectivity index (χ0) is 13.0. The van der Waals surface area contributed by atoms with Gasteiger partial charge >= 0.3 is 0 Å². The van der Waals surface area contributed by atoms with Gasteiger partial charge in [-0.05, 0) is 31.0 Å². The highest BCUT2D eigenvalue weighted by atomic mass is 16.5. The maximum atomic E-state index is 11.8. The fourth-order valence-electron chi connectivity index (χ4n) is 1.84. The van der Waals surface area contributed by atoms with Crippen LogP contribution in [0.1, 0.15) is 18.9 Å². The Bertz CT molecular complexity index is 448. The number of hydrogen-bond acceptors (Lipinski definition) is 4. The first-order chi connectivity index (χ1) is 8.70. The van der Waals surface area contributed by atoms with Gasteiger partial charge in [-0.1, -0.05) is 17.3 Å². The van der Waals surface area contributed by atoms with E-state index in [1.807, 2.05) is 0 Å². The number of rotatable bonds is 3. The molecular weight excluding hydrogens is 232 g/mol. The summed E-state index contributed by atoms with van der Waals surface area (Å²) in [4.78, 5) is 11.8. The summed E-state index contributed by atoms with van der Waals surface area (Å²) in [5.41, 5.74) is 2.10. The zero-order valence-electron chi connectivity index (χ0n) is 10.2. The SMILES string of the molecule is CC(=NO)c1ccc(NC(=O)C2CCOC2)cc1. The van der Waals surface area contributed by atoms with E-state index in [0.29, 0.717) is 18.9 Å². The van der Waals surface area contributed by atoms with E-state index in [9.17, 15) is 4.79 Å². The van der Waals surface area contributed by atoms with Gasteiger partial charge in [-0.15, -0.1) is 0 Å². The van der Waals surface area contributed by atoms with E-state index in [0.717, 1.165) is 17.7 Å². The molecule has 1 unspecified atom stereocenters. The second kappa shape index (κ2) is 5.64. The summed E-state index contributed by atoms with van der Waals surface area (Å²) in [6, 6.07) is 7.18. The van der Waals surface area contributed by atoms with Crippen LogP contribution in [0.5, 0.6) is 0 Å². The number of carbonyl (C=O) groups is 1. The molecule has 5 nitrogen and oxygen atoms in total. The van der Waals surface area contributed by atoms with Gasteiger partial charge in [0.2, 0.25) is 5.91 Å². The molecule has 1 aliphatic heterocycles. The molecule has 0 radical (unpaired) electrons. The molecular formula is C13H16N2O3. The lowest BCUT2D eigenvalue weighted by Gasteiger charge is -2.09. The van der Waals surface area contributed by atoms with Crippen LogP contribution in [0.15, 0.2) is 29.4 Å². The fourth-order valence-corrected chi connectivity index (χ4v) is 1.84. The van der Waals surface area contributed by atoms with Crippen molar-refractivity contribution in [1.82, 2.24) is 0 Å². The number of anilines is 1. The van der Waals surface area contributed by atoms with Crippen molar-refractivity contribution in [2.24, 2.45) is 11.1 Å². The quantitative estimate of drug-likeness (QED) is 0.487. The van der Waals surface area contributed by atoms with Gasteiger partial charge in [0.15, 0.2) is 0 Å². The van der Waals surface area contributed by atoms with E-state index in [1.165, 1.54) is 0 Å². The number of nitrogens with zero attached hydrogens (tertiary/aromatic N) is 1. The average Bonchev–Trinajstić information content (AvgIpc) is 2.92. The van der Waals surface area contributed by atoms with Gasteiger partial charge in [0.05, 0.1) is 18.2 Å². The number of amides is 1. The Balaban J connectivity index is 1.99. The summed E-state index contributed by atoms with van der Waals surface area (Å²) in [6.07, 6.45) is 0.778. The van der Waals surface area contributed by atoms with E-state index in [-0.39, 0.29) is 11.8 Å². The summed E-state index contributed by atoms with van der Waals surface area (Å²) in [5, 5.41) is 14.6. The molecule has 18 heavy (non-hydrogen) atoms. The standard InChI is InChI=1S/C13H16N2O3/c1-9(15-17)10-2-4-12(5-3-10)14-13(16)11-6-7-18-8-11/h2-5,11,17H,6-8H2,1H3,(H,14,16). The molecule has 1 aromatic rings. The van der Waals surface area contributed by atoms with E-state index in [4.69, 9.17) is 9.94 Å². The predicted molar refractivity (Wildman–Crippen MR) is 68.0 cm³/mol. The molecule has 1 amide bonds. The number of oxime groups is 1. The van der Waals surface area contributed by atoms with Crippen LogP contribution in [-0.2, 0) is 9.53 Å². The monoisotopic (exact) mass is 248 g/mol. The largest absolute Gasteiger partial charge is 0.411 e. The van der Waals surface area contributed by atoms with Crippen LogP contribution in [0.25, 0.3) is 0 Å². The average molecular weight is 248 g/mol. The van der Waals surface area contributed by atoms with Gasteiger partial charge in [-0.25, -0.2) is 0 Å². The van der Waals surface area contributed by atoms with Crippen molar-refractivity contribution in [3.63, 3.8) is 0 Å². The third-order valence-electron chi connectivity index (χ3n) is 3.02. The minimum Gasteiger partial charge on any atom is -0.411 e. The molecule has 2 N–H and O–H groups in total. The van der Waals surface area contributed by atoms with Crippen LogP contribution in [0.3, 0.4) is 0 Å². The number of nitrogens with one attached hydrogen (secondary N) is 1. The molecule has 0 saturated carbocycles. The molecule has 96 valence electrons. The van der Waals surface area contributed by atoms with Gasteiger partial charge in [0.25, 0.3) is 0 Å². The molecule has 1 aromatic carbocycles. The van der Waals surface area contributed by atoms with Crippen molar-refractivity contribution in [1.29, 1.82) is 0 Å². The Labute approximate surface area is 105 Å². The van der Waals surface area contributed by atoms with Gasteiger partial charge in [-0.3, -0.25) is 4.79 Å². The number of carbonyl (C=O) groups excluding carboxylic acids is 1. The third kappa shape index (κ3) is 2.87. The second-order valence-corrected chi connectivity index (χ2v) is 4.31. The van der Waals surface area contributed by atoms with Crippen molar-refractivity contribution in [2.75, 3.05) is 18.5 Å². The lowest BCUT2D eigenvalue weighted by atomic mass is 10.1. The first kappa shape index (κ1) is 12.6. The first-order valence-corrected chi connectivity index (χ1v) is 5.88. The van der Waals surface area contributed by atoms with Crippen LogP contribution in [0.4, 0.5) is 5.69 Å². The lowest BCUT2D eigenvalue weighted by molar-refractivity contribution is -0.119. The van der Waals surface area contributed by atoms with Crippen LogP contribution in [0, 0.1) is 5.92 Å². The minimum absolute atomic E-state index is 0.00667. The van der Waals surface area contributed by atoms with Crippen molar-refractivity contribution in [3.8, 4) is 0 Å². The highest BCUT2D eigenvalue weighted by Crippen LogP contribution is 2.16. The van der Waals surface area contributed by atoms with Crippen LogP contribution < -0.4 is 5.32 Å². The molecule has 1 saturated heterocycles. The third-order valence-corrected chi connectivity index (χ3v) is 3.02. The van der Waals surface area contributed by atoms with Crippen LogP contribution in [0.2, 0.25) is 0 Å². The first-order valence-electron chi connectivity index (χ1n) is 5.88. The Morgan fingerprint density at radius 1 is 1.44 bits per heavy atom. The van der Waals surface area contributed by atoms with Gasteiger partial charge in [0, 0.05) is 12.3 Å². The Morgan fingerprint density at radius 2 is 2.17 bits per heavy atom. The summed E-state index contributed by atoms with van der Waals surface area (Å²) in [5.74, 6) is -0.0572. The zero-order valence-corrected chi connectivity index (χ0v) is 10.2. The highest BCUT2D eigenvalue weighted by molar-refractivity contribution is 5.99. The van der Waals surface area contributed by atoms with Gasteiger partial charge in [-0.2, -0.15) is 0 Å². The molecule has 1 atom stereocenters. The van der Waals surface area contributed by atoms with Gasteiger partial charge < -0.3 is 15.3 Å². The van der Waals surface area contributed by atoms with E-state index < -0.39 is 0 Å². The van der Waals surface area contributed by atoms with Crippen LogP contribution in [-0.4, -0.2) is 30.0 Å². The Morgan fingerprint density at radius 3 is 2.72 bits per heavy atom. The maximum Gasteiger partial charge on any atom is 0.229 e. The summed E-state index contributed by atoms with van der Waals surface area (Å²) in [6.45, 7) is 2.87. The predicted octanol–water partition coefficient (Wildman–Crippen LogP) is 1.86. The molecule has 0 bridgehead atoms. The number of benzene rings is 1. The molecule has 0 spiro atoms. The van der Waals surface area contributed by atoms with Crippen LogP contribution >= 0.6 is 0 Å². The van der Waals surface area contributed by atoms with E-state index in [2.05, 4.69) is 10.5 Å². The van der Waals surface area contributed by atoms with Crippen molar-refractivity contribution >= 4 is 17.3 Å². The molecule has 2 rings (SSSR count). The van der Waals surface area contributed by atoms with E-state index in [1.54, 1.807) is 31.2 Å². The molecule has 0 aromatic heterocycles. The summed E-state index contributed by atoms with van der Waals surface area (Å²) < 4.78 is 5.18. The Kier molecular flexibility index (Phi) is 3.94. The lowest BCUT2D eigenvalue weighted by Crippen LogP contribution is -2.22. The normalized spacial score (nSPS) is 19.8. The highest BCUT2D eigenvalue weighted by Gasteiger charge is 2.23. The maximum absolute atomic E-state index is 11.8. The van der Waals surface area contributed by atoms with Crippen molar-refractivity contribution in [3.05, 3.63) is 29.8 Å². The fraction of sp³-hybridized carbons (Fsp3) is 0.385. The molecule has 0 aliphatic carbocycles. The van der Waals surface area contributed by atoms with Gasteiger partial charge in [0.1, 0.15) is 0 Å². The molecule has 5 heteroatoms. The van der Waals surface area contributed by atoms with Crippen molar-refractivity contribution < 1.29 is 14.7 Å². The molecule has 1 aliphatic rings. The smallest absolute Gasteiger partial charge is 0.229 e.